The average Bonchev–Trinajstić information content (AvgIpc) is 2.10. The molecule has 0 aliphatic rings. The van der Waals surface area contributed by atoms with E-state index < -0.39 is 0 Å². The van der Waals surface area contributed by atoms with Gasteiger partial charge >= 0.3 is 0 Å². The number of hydrogen-bond acceptors (Lipinski definition) is 2. The Morgan fingerprint density at radius 2 is 2.23 bits per heavy atom. The summed E-state index contributed by atoms with van der Waals surface area (Å²) in [5, 5.41) is 7.56. The van der Waals surface area contributed by atoms with E-state index in [4.69, 9.17) is 10.1 Å². The molecule has 1 N–H and O–H groups in total. The first-order chi connectivity index (χ1) is 6.15. The maximum absolute atomic E-state index is 7.56. The zero-order valence-corrected chi connectivity index (χ0v) is 9.31. The molecule has 0 unspecified atom stereocenters. The largest absolute Gasteiger partial charge is 0.478 e. The molecular formula is C10H12BrNO. The van der Waals surface area contributed by atoms with Crippen LogP contribution in [0.5, 0.6) is 0 Å². The molecule has 0 atom stereocenters. The highest BCUT2D eigenvalue weighted by atomic mass is 79.9. The number of ether oxygens (including phenoxy) is 1. The van der Waals surface area contributed by atoms with Gasteiger partial charge in [0.1, 0.15) is 0 Å². The second-order valence-corrected chi connectivity index (χ2v) is 3.58. The molecule has 0 radical (unpaired) electrons. The smallest absolute Gasteiger partial charge is 0.213 e. The van der Waals surface area contributed by atoms with Crippen LogP contribution in [0.25, 0.3) is 0 Å². The van der Waals surface area contributed by atoms with E-state index in [1.165, 1.54) is 0 Å². The molecule has 3 heteroatoms. The van der Waals surface area contributed by atoms with Crippen LogP contribution in [0.3, 0.4) is 0 Å². The first kappa shape index (κ1) is 10.3. The number of nitrogens with one attached hydrogen (secondary N) is 1. The fourth-order valence-corrected chi connectivity index (χ4v) is 1.26. The Morgan fingerprint density at radius 3 is 2.77 bits per heavy atom. The number of halogens is 1. The molecule has 0 saturated carbocycles. The number of rotatable bonds is 2. The highest BCUT2D eigenvalue weighted by Crippen LogP contribution is 2.17. The van der Waals surface area contributed by atoms with Crippen LogP contribution in [0.4, 0.5) is 0 Å². The van der Waals surface area contributed by atoms with Gasteiger partial charge in [-0.2, -0.15) is 0 Å². The number of hydrogen-bond donors (Lipinski definition) is 1. The summed E-state index contributed by atoms with van der Waals surface area (Å²) in [6, 6.07) is 5.73. The van der Waals surface area contributed by atoms with Crippen molar-refractivity contribution in [2.75, 3.05) is 6.61 Å². The van der Waals surface area contributed by atoms with Crippen molar-refractivity contribution < 1.29 is 4.74 Å². The van der Waals surface area contributed by atoms with Crippen molar-refractivity contribution in [1.29, 1.82) is 5.41 Å². The maximum atomic E-state index is 7.56. The summed E-state index contributed by atoms with van der Waals surface area (Å²) in [5.41, 5.74) is 1.93. The molecule has 0 aliphatic heterocycles. The van der Waals surface area contributed by atoms with E-state index in [9.17, 15) is 0 Å². The third kappa shape index (κ3) is 2.56. The molecule has 1 rings (SSSR count). The van der Waals surface area contributed by atoms with Gasteiger partial charge in [0.25, 0.3) is 0 Å². The molecule has 0 heterocycles. The molecule has 0 aliphatic carbocycles. The van der Waals surface area contributed by atoms with Gasteiger partial charge in [-0.25, -0.2) is 0 Å². The first-order valence-corrected chi connectivity index (χ1v) is 4.92. The van der Waals surface area contributed by atoms with Crippen LogP contribution in [0, 0.1) is 12.3 Å². The minimum absolute atomic E-state index is 0.234. The van der Waals surface area contributed by atoms with Gasteiger partial charge in [-0.15, -0.1) is 0 Å². The zero-order chi connectivity index (χ0) is 9.84. The van der Waals surface area contributed by atoms with Crippen molar-refractivity contribution >= 4 is 21.8 Å². The Balaban J connectivity index is 2.90. The summed E-state index contributed by atoms with van der Waals surface area (Å²) in [4.78, 5) is 0. The molecule has 0 spiro atoms. The summed E-state index contributed by atoms with van der Waals surface area (Å²) in [5.74, 6) is 0.234. The second-order valence-electron chi connectivity index (χ2n) is 2.73. The molecule has 0 amide bonds. The highest BCUT2D eigenvalue weighted by molar-refractivity contribution is 9.10. The van der Waals surface area contributed by atoms with Crippen LogP contribution in [0.2, 0.25) is 0 Å². The van der Waals surface area contributed by atoms with Gasteiger partial charge in [0.2, 0.25) is 5.90 Å². The Bertz CT molecular complexity index is 323. The van der Waals surface area contributed by atoms with Gasteiger partial charge in [-0.05, 0) is 37.6 Å². The summed E-state index contributed by atoms with van der Waals surface area (Å²) in [6.07, 6.45) is 0. The summed E-state index contributed by atoms with van der Waals surface area (Å²) >= 11 is 3.41. The van der Waals surface area contributed by atoms with E-state index in [1.807, 2.05) is 32.0 Å². The topological polar surface area (TPSA) is 33.1 Å². The molecular weight excluding hydrogens is 230 g/mol. The molecule has 0 saturated heterocycles. The Hall–Kier alpha value is -0.830. The van der Waals surface area contributed by atoms with Gasteiger partial charge < -0.3 is 4.74 Å². The van der Waals surface area contributed by atoms with E-state index in [2.05, 4.69) is 15.9 Å². The van der Waals surface area contributed by atoms with Crippen LogP contribution >= 0.6 is 15.9 Å². The van der Waals surface area contributed by atoms with Crippen LogP contribution < -0.4 is 0 Å². The predicted octanol–water partition coefficient (Wildman–Crippen LogP) is 3.12. The van der Waals surface area contributed by atoms with Crippen molar-refractivity contribution in [2.24, 2.45) is 0 Å². The van der Waals surface area contributed by atoms with Gasteiger partial charge in [0.05, 0.1) is 6.61 Å². The van der Waals surface area contributed by atoms with E-state index >= 15 is 0 Å². The van der Waals surface area contributed by atoms with Crippen molar-refractivity contribution in [2.45, 2.75) is 13.8 Å². The molecule has 2 nitrogen and oxygen atoms in total. The molecule has 70 valence electrons. The van der Waals surface area contributed by atoms with Crippen molar-refractivity contribution in [3.63, 3.8) is 0 Å². The highest BCUT2D eigenvalue weighted by Gasteiger charge is 2.03. The second kappa shape index (κ2) is 4.42. The van der Waals surface area contributed by atoms with Crippen LogP contribution in [-0.2, 0) is 4.74 Å². The van der Waals surface area contributed by atoms with E-state index in [0.29, 0.717) is 6.61 Å². The zero-order valence-electron chi connectivity index (χ0n) is 7.73. The first-order valence-electron chi connectivity index (χ1n) is 4.13. The Labute approximate surface area is 86.6 Å². The number of benzene rings is 1. The summed E-state index contributed by atoms with van der Waals surface area (Å²) in [7, 11) is 0. The predicted molar refractivity (Wildman–Crippen MR) is 57.3 cm³/mol. The Kier molecular flexibility index (Phi) is 3.48. The lowest BCUT2D eigenvalue weighted by Gasteiger charge is -2.06. The monoisotopic (exact) mass is 241 g/mol. The van der Waals surface area contributed by atoms with Gasteiger partial charge in [-0.3, -0.25) is 5.41 Å². The average molecular weight is 242 g/mol. The lowest BCUT2D eigenvalue weighted by atomic mass is 10.1. The van der Waals surface area contributed by atoms with Crippen LogP contribution in [0.15, 0.2) is 22.7 Å². The molecule has 0 aromatic heterocycles. The molecule has 1 aromatic carbocycles. The fraction of sp³-hybridized carbons (Fsp3) is 0.300. The van der Waals surface area contributed by atoms with E-state index in [-0.39, 0.29) is 5.90 Å². The van der Waals surface area contributed by atoms with Crippen molar-refractivity contribution in [1.82, 2.24) is 0 Å². The maximum Gasteiger partial charge on any atom is 0.213 e. The van der Waals surface area contributed by atoms with Crippen molar-refractivity contribution in [3.8, 4) is 0 Å². The van der Waals surface area contributed by atoms with Crippen LogP contribution in [0.1, 0.15) is 18.1 Å². The van der Waals surface area contributed by atoms with Gasteiger partial charge in [0.15, 0.2) is 0 Å². The van der Waals surface area contributed by atoms with Gasteiger partial charge in [-0.1, -0.05) is 15.9 Å². The fourth-order valence-electron chi connectivity index (χ4n) is 1.01. The normalized spacial score (nSPS) is 9.77. The van der Waals surface area contributed by atoms with E-state index in [1.54, 1.807) is 0 Å². The Morgan fingerprint density at radius 1 is 1.54 bits per heavy atom. The SMILES string of the molecule is CCOC(=N)c1ccc(Br)c(C)c1. The third-order valence-corrected chi connectivity index (χ3v) is 2.60. The summed E-state index contributed by atoms with van der Waals surface area (Å²) in [6.45, 7) is 4.40. The lowest BCUT2D eigenvalue weighted by molar-refractivity contribution is 0.325. The minimum Gasteiger partial charge on any atom is -0.478 e. The third-order valence-electron chi connectivity index (χ3n) is 1.71. The van der Waals surface area contributed by atoms with Gasteiger partial charge in [0, 0.05) is 10.0 Å². The molecule has 0 bridgehead atoms. The van der Waals surface area contributed by atoms with E-state index in [0.717, 1.165) is 15.6 Å². The molecule has 0 fully saturated rings. The minimum atomic E-state index is 0.234. The molecule has 1 aromatic rings. The molecule has 13 heavy (non-hydrogen) atoms. The van der Waals surface area contributed by atoms with Crippen LogP contribution in [-0.4, -0.2) is 12.5 Å². The summed E-state index contributed by atoms with van der Waals surface area (Å²) < 4.78 is 6.15. The number of aryl methyl sites for hydroxylation is 1. The standard InChI is InChI=1S/C10H12BrNO/c1-3-13-10(12)8-4-5-9(11)7(2)6-8/h4-6,12H,3H2,1-2H3. The van der Waals surface area contributed by atoms with Crippen molar-refractivity contribution in [3.05, 3.63) is 33.8 Å². The lowest BCUT2D eigenvalue weighted by Crippen LogP contribution is -2.04. The quantitative estimate of drug-likeness (QED) is 0.627.